The van der Waals surface area contributed by atoms with Crippen molar-refractivity contribution in [2.24, 2.45) is 4.40 Å². The molecule has 3 rings (SSSR count). The van der Waals surface area contributed by atoms with Crippen LogP contribution in [0.2, 0.25) is 0 Å². The van der Waals surface area contributed by atoms with Gasteiger partial charge < -0.3 is 19.7 Å². The summed E-state index contributed by atoms with van der Waals surface area (Å²) < 4.78 is 38.9. The molecule has 1 N–H and O–H groups in total. The highest BCUT2D eigenvalue weighted by atomic mass is 32.2. The normalized spacial score (nSPS) is 17.6. The van der Waals surface area contributed by atoms with Gasteiger partial charge in [-0.3, -0.25) is 4.79 Å². The van der Waals surface area contributed by atoms with Crippen LogP contribution in [-0.2, 0) is 24.3 Å². The van der Waals surface area contributed by atoms with E-state index in [0.717, 1.165) is 19.3 Å². The quantitative estimate of drug-likeness (QED) is 0.552. The molecule has 1 aromatic rings. The van der Waals surface area contributed by atoms with Gasteiger partial charge >= 0.3 is 5.97 Å². The van der Waals surface area contributed by atoms with Gasteiger partial charge in [0.05, 0.1) is 17.9 Å². The van der Waals surface area contributed by atoms with Gasteiger partial charge in [0.2, 0.25) is 0 Å². The van der Waals surface area contributed by atoms with Crippen LogP contribution in [-0.4, -0.2) is 59.5 Å². The van der Waals surface area contributed by atoms with Crippen LogP contribution in [0.1, 0.15) is 36.0 Å². The number of methoxy groups -OCH3 is 1. The summed E-state index contributed by atoms with van der Waals surface area (Å²) >= 11 is 0. The number of sulfonamides is 1. The fourth-order valence-electron chi connectivity index (χ4n) is 3.16. The van der Waals surface area contributed by atoms with Crippen LogP contribution >= 0.6 is 0 Å². The average molecular weight is 409 g/mol. The zero-order chi connectivity index (χ0) is 20.1. The molecule has 1 saturated heterocycles. The highest BCUT2D eigenvalue weighted by molar-refractivity contribution is 7.90. The van der Waals surface area contributed by atoms with Crippen molar-refractivity contribution in [3.63, 3.8) is 0 Å². The van der Waals surface area contributed by atoms with E-state index < -0.39 is 28.5 Å². The van der Waals surface area contributed by atoms with Crippen LogP contribution in [0.5, 0.6) is 0 Å². The Labute approximate surface area is 163 Å². The van der Waals surface area contributed by atoms with E-state index in [0.29, 0.717) is 37.6 Å². The van der Waals surface area contributed by atoms with Crippen molar-refractivity contribution in [3.8, 4) is 0 Å². The Hall–Kier alpha value is -2.46. The Morgan fingerprint density at radius 1 is 1.25 bits per heavy atom. The first kappa shape index (κ1) is 20.3. The van der Waals surface area contributed by atoms with Gasteiger partial charge in [0.1, 0.15) is 10.7 Å². The molecule has 152 valence electrons. The largest absolute Gasteiger partial charge is 0.452 e. The number of benzene rings is 1. The maximum absolute atomic E-state index is 12.6. The first-order valence-corrected chi connectivity index (χ1v) is 10.5. The lowest BCUT2D eigenvalue weighted by Crippen LogP contribution is -2.35. The molecule has 9 nitrogen and oxygen atoms in total. The molecule has 10 heteroatoms. The highest BCUT2D eigenvalue weighted by Gasteiger charge is 2.32. The molecular formula is C18H23N3O6S. The third-order valence-corrected chi connectivity index (χ3v) is 5.88. The van der Waals surface area contributed by atoms with Gasteiger partial charge in [-0.25, -0.2) is 4.79 Å². The van der Waals surface area contributed by atoms with Crippen molar-refractivity contribution in [2.45, 2.75) is 30.6 Å². The minimum atomic E-state index is -3.89. The minimum absolute atomic E-state index is 0.0165. The SMILES string of the molecule is COCCNC(=O)COC(=O)c1ccc2c(c1)S(=O)(=O)N=C1CCCCCN12. The molecule has 2 aliphatic heterocycles. The lowest BCUT2D eigenvalue weighted by Gasteiger charge is -2.29. The number of ether oxygens (including phenoxy) is 2. The molecule has 0 aromatic heterocycles. The zero-order valence-electron chi connectivity index (χ0n) is 15.6. The Morgan fingerprint density at radius 3 is 2.86 bits per heavy atom. The molecule has 0 radical (unpaired) electrons. The van der Waals surface area contributed by atoms with Crippen LogP contribution in [0.25, 0.3) is 0 Å². The minimum Gasteiger partial charge on any atom is -0.452 e. The molecule has 1 amide bonds. The van der Waals surface area contributed by atoms with Gasteiger partial charge in [-0.2, -0.15) is 8.42 Å². The van der Waals surface area contributed by atoms with E-state index in [1.54, 1.807) is 6.07 Å². The predicted octanol–water partition coefficient (Wildman–Crippen LogP) is 1.09. The molecule has 2 aliphatic rings. The van der Waals surface area contributed by atoms with Crippen molar-refractivity contribution in [2.75, 3.05) is 38.3 Å². The summed E-state index contributed by atoms with van der Waals surface area (Å²) in [7, 11) is -2.38. The number of amidine groups is 1. The summed E-state index contributed by atoms with van der Waals surface area (Å²) in [6.07, 6.45) is 3.47. The summed E-state index contributed by atoms with van der Waals surface area (Å²) in [6.45, 7) is 0.884. The molecule has 0 bridgehead atoms. The molecular weight excluding hydrogens is 386 g/mol. The number of amides is 1. The Balaban J connectivity index is 1.75. The van der Waals surface area contributed by atoms with Gasteiger partial charge in [0, 0.05) is 26.6 Å². The average Bonchev–Trinajstić information content (AvgIpc) is 2.91. The number of nitrogens with zero attached hydrogens (tertiary/aromatic N) is 2. The summed E-state index contributed by atoms with van der Waals surface area (Å²) in [5.74, 6) is -0.687. The smallest absolute Gasteiger partial charge is 0.338 e. The second-order valence-electron chi connectivity index (χ2n) is 6.55. The number of esters is 1. The summed E-state index contributed by atoms with van der Waals surface area (Å²) in [6, 6.07) is 4.37. The monoisotopic (exact) mass is 409 g/mol. The molecule has 0 aliphatic carbocycles. The maximum Gasteiger partial charge on any atom is 0.338 e. The number of anilines is 1. The molecule has 0 unspecified atom stereocenters. The number of carbonyl (C=O) groups is 2. The summed E-state index contributed by atoms with van der Waals surface area (Å²) in [4.78, 5) is 25.7. The number of rotatable bonds is 6. The van der Waals surface area contributed by atoms with Gasteiger partial charge in [-0.15, -0.1) is 4.40 Å². The molecule has 0 saturated carbocycles. The summed E-state index contributed by atoms with van der Waals surface area (Å²) in [5.41, 5.74) is 0.584. The Kier molecular flexibility index (Phi) is 6.30. The first-order valence-electron chi connectivity index (χ1n) is 9.10. The van der Waals surface area contributed by atoms with Gasteiger partial charge in [0.15, 0.2) is 6.61 Å². The van der Waals surface area contributed by atoms with E-state index in [2.05, 4.69) is 9.71 Å². The highest BCUT2D eigenvalue weighted by Crippen LogP contribution is 2.35. The zero-order valence-corrected chi connectivity index (χ0v) is 16.5. The van der Waals surface area contributed by atoms with Crippen molar-refractivity contribution in [3.05, 3.63) is 23.8 Å². The van der Waals surface area contributed by atoms with Crippen molar-refractivity contribution in [1.82, 2.24) is 5.32 Å². The first-order chi connectivity index (χ1) is 13.4. The van der Waals surface area contributed by atoms with E-state index in [-0.39, 0.29) is 10.5 Å². The van der Waals surface area contributed by atoms with Crippen LogP contribution in [0, 0.1) is 0 Å². The van der Waals surface area contributed by atoms with Gasteiger partial charge in [-0.1, -0.05) is 6.42 Å². The number of nitrogens with one attached hydrogen (secondary N) is 1. The number of hydrogen-bond donors (Lipinski definition) is 1. The lowest BCUT2D eigenvalue weighted by molar-refractivity contribution is -0.124. The topological polar surface area (TPSA) is 114 Å². The maximum atomic E-state index is 12.6. The molecule has 0 spiro atoms. The van der Waals surface area contributed by atoms with E-state index in [9.17, 15) is 18.0 Å². The summed E-state index contributed by atoms with van der Waals surface area (Å²) in [5, 5.41) is 2.53. The van der Waals surface area contributed by atoms with Crippen molar-refractivity contribution in [1.29, 1.82) is 0 Å². The van der Waals surface area contributed by atoms with E-state index in [1.165, 1.54) is 19.2 Å². The second-order valence-corrected chi connectivity index (χ2v) is 8.12. The van der Waals surface area contributed by atoms with Gasteiger partial charge in [-0.05, 0) is 31.0 Å². The Morgan fingerprint density at radius 2 is 2.07 bits per heavy atom. The molecule has 1 aromatic carbocycles. The third-order valence-electron chi connectivity index (χ3n) is 4.55. The van der Waals surface area contributed by atoms with Crippen LogP contribution in [0.4, 0.5) is 5.69 Å². The standard InChI is InChI=1S/C18H23N3O6S/c1-26-10-8-19-17(22)12-27-18(23)13-6-7-14-15(11-13)28(24,25)20-16-5-3-2-4-9-21(14)16/h6-7,11H,2-5,8-10,12H2,1H3,(H,19,22). The lowest BCUT2D eigenvalue weighted by atomic mass is 10.2. The third kappa shape index (κ3) is 4.50. The molecule has 1 fully saturated rings. The van der Waals surface area contributed by atoms with Crippen molar-refractivity contribution < 1.29 is 27.5 Å². The molecule has 28 heavy (non-hydrogen) atoms. The van der Waals surface area contributed by atoms with Crippen LogP contribution in [0.15, 0.2) is 27.5 Å². The van der Waals surface area contributed by atoms with E-state index >= 15 is 0 Å². The number of carbonyl (C=O) groups excluding carboxylic acids is 2. The number of fused-ring (bicyclic) bond motifs is 3. The van der Waals surface area contributed by atoms with E-state index in [1.807, 2.05) is 4.90 Å². The fraction of sp³-hybridized carbons (Fsp3) is 0.500. The Bertz CT molecular complexity index is 897. The van der Waals surface area contributed by atoms with Crippen LogP contribution < -0.4 is 10.2 Å². The van der Waals surface area contributed by atoms with Gasteiger partial charge in [0.25, 0.3) is 15.9 Å². The number of hydrogen-bond acceptors (Lipinski definition) is 7. The molecule has 0 atom stereocenters. The van der Waals surface area contributed by atoms with E-state index in [4.69, 9.17) is 9.47 Å². The predicted molar refractivity (Wildman–Crippen MR) is 102 cm³/mol. The van der Waals surface area contributed by atoms with Crippen molar-refractivity contribution >= 4 is 33.4 Å². The fourth-order valence-corrected chi connectivity index (χ4v) is 4.45. The second kappa shape index (κ2) is 8.70. The van der Waals surface area contributed by atoms with Crippen LogP contribution in [0.3, 0.4) is 0 Å². The molecule has 2 heterocycles.